The molecule has 0 atom stereocenters. The number of nitrogens with zero attached hydrogens (tertiary/aromatic N) is 4. The highest BCUT2D eigenvalue weighted by atomic mass is 35.5. The molecule has 0 unspecified atom stereocenters. The molecule has 0 radical (unpaired) electrons. The average Bonchev–Trinajstić information content (AvgIpc) is 3.14. The van der Waals surface area contributed by atoms with Crippen molar-refractivity contribution in [2.75, 3.05) is 6.61 Å². The molecule has 25 heavy (non-hydrogen) atoms. The van der Waals surface area contributed by atoms with Gasteiger partial charge in [0.15, 0.2) is 0 Å². The van der Waals surface area contributed by atoms with E-state index in [-0.39, 0.29) is 18.6 Å². The molecular weight excluding hydrogens is 340 g/mol. The number of rotatable bonds is 6. The molecule has 2 aromatic rings. The maximum atomic E-state index is 11.5. The normalized spacial score (nSPS) is 14.0. The molecule has 6 nitrogen and oxygen atoms in total. The number of hydrogen-bond acceptors (Lipinski definition) is 5. The molecule has 0 saturated carbocycles. The van der Waals surface area contributed by atoms with E-state index in [9.17, 15) is 4.79 Å². The van der Waals surface area contributed by atoms with Crippen LogP contribution in [0.5, 0.6) is 0 Å². The Bertz CT molecular complexity index is 796. The zero-order valence-corrected chi connectivity index (χ0v) is 15.3. The van der Waals surface area contributed by atoms with E-state index in [1.807, 2.05) is 17.7 Å². The summed E-state index contributed by atoms with van der Waals surface area (Å²) in [5.74, 6) is -0.303. The number of pyridine rings is 1. The number of halogens is 1. The van der Waals surface area contributed by atoms with Crippen molar-refractivity contribution in [2.45, 2.75) is 39.9 Å². The van der Waals surface area contributed by atoms with E-state index in [1.54, 1.807) is 18.3 Å². The highest BCUT2D eigenvalue weighted by molar-refractivity contribution is 6.29. The summed E-state index contributed by atoms with van der Waals surface area (Å²) in [6.07, 6.45) is 3.30. The van der Waals surface area contributed by atoms with Crippen LogP contribution in [-0.2, 0) is 22.6 Å². The smallest absolute Gasteiger partial charge is 0.333 e. The summed E-state index contributed by atoms with van der Waals surface area (Å²) in [6.45, 7) is 7.71. The summed E-state index contributed by atoms with van der Waals surface area (Å²) in [7, 11) is 0. The van der Waals surface area contributed by atoms with Gasteiger partial charge in [-0.25, -0.2) is 9.78 Å². The van der Waals surface area contributed by atoms with Crippen LogP contribution in [0.1, 0.15) is 36.8 Å². The fourth-order valence-corrected chi connectivity index (χ4v) is 2.97. The first-order valence-corrected chi connectivity index (χ1v) is 8.58. The molecule has 0 aliphatic carbocycles. The Morgan fingerprint density at radius 3 is 2.76 bits per heavy atom. The molecule has 2 aromatic heterocycles. The molecule has 0 N–H and O–H groups in total. The van der Waals surface area contributed by atoms with Gasteiger partial charge in [-0.1, -0.05) is 17.7 Å². The number of ether oxygens (including phenoxy) is 1. The van der Waals surface area contributed by atoms with Crippen LogP contribution in [0.3, 0.4) is 0 Å². The number of hydrogen-bond donors (Lipinski definition) is 0. The van der Waals surface area contributed by atoms with Gasteiger partial charge < -0.3 is 9.64 Å². The third-order valence-electron chi connectivity index (χ3n) is 3.99. The second kappa shape index (κ2) is 7.27. The Morgan fingerprint density at radius 1 is 1.36 bits per heavy atom. The molecule has 1 aliphatic heterocycles. The van der Waals surface area contributed by atoms with E-state index in [2.05, 4.69) is 34.9 Å². The van der Waals surface area contributed by atoms with Crippen molar-refractivity contribution in [1.82, 2.24) is 19.7 Å². The van der Waals surface area contributed by atoms with Crippen molar-refractivity contribution in [3.05, 3.63) is 58.3 Å². The molecule has 3 heterocycles. The van der Waals surface area contributed by atoms with Gasteiger partial charge in [0.05, 0.1) is 23.6 Å². The number of carbonyl (C=O) groups excluding carboxylic acids is 1. The Hall–Kier alpha value is -2.34. The van der Waals surface area contributed by atoms with Gasteiger partial charge in [-0.05, 0) is 38.5 Å². The summed E-state index contributed by atoms with van der Waals surface area (Å²) >= 11 is 5.87. The summed E-state index contributed by atoms with van der Waals surface area (Å²) < 4.78 is 7.11. The standard InChI is InChI=1S/C18H21ClN4O2/c1-12(2)23-15(6-13(3)21-23)10-22(16-7-18(24)25-11-16)9-14-4-5-17(19)20-8-14/h4-8,12H,9-11H2,1-3H3. The van der Waals surface area contributed by atoms with Crippen LogP contribution < -0.4 is 0 Å². The number of aryl methyl sites for hydroxylation is 1. The monoisotopic (exact) mass is 360 g/mol. The fourth-order valence-electron chi connectivity index (χ4n) is 2.86. The molecule has 0 saturated heterocycles. The van der Waals surface area contributed by atoms with Crippen LogP contribution in [0.4, 0.5) is 0 Å². The fraction of sp³-hybridized carbons (Fsp3) is 0.389. The molecule has 7 heteroatoms. The van der Waals surface area contributed by atoms with Crippen LogP contribution in [0.2, 0.25) is 5.15 Å². The lowest BCUT2D eigenvalue weighted by Gasteiger charge is -2.26. The van der Waals surface area contributed by atoms with E-state index in [0.717, 1.165) is 22.6 Å². The van der Waals surface area contributed by atoms with Gasteiger partial charge in [0.1, 0.15) is 11.8 Å². The minimum atomic E-state index is -0.303. The third kappa shape index (κ3) is 4.20. The molecule has 3 rings (SSSR count). The van der Waals surface area contributed by atoms with E-state index >= 15 is 0 Å². The van der Waals surface area contributed by atoms with Crippen molar-refractivity contribution >= 4 is 17.6 Å². The SMILES string of the molecule is Cc1cc(CN(Cc2ccc(Cl)nc2)C2=CC(=O)OC2)n(C(C)C)n1. The van der Waals surface area contributed by atoms with Crippen LogP contribution >= 0.6 is 11.6 Å². The first-order chi connectivity index (χ1) is 11.9. The second-order valence-corrected chi connectivity index (χ2v) is 6.79. The zero-order chi connectivity index (χ0) is 18.0. The predicted molar refractivity (Wildman–Crippen MR) is 94.9 cm³/mol. The van der Waals surface area contributed by atoms with E-state index in [1.165, 1.54) is 0 Å². The molecule has 0 spiro atoms. The topological polar surface area (TPSA) is 60.3 Å². The number of esters is 1. The van der Waals surface area contributed by atoms with Crippen LogP contribution in [0, 0.1) is 6.92 Å². The molecule has 0 bridgehead atoms. The van der Waals surface area contributed by atoms with Crippen molar-refractivity contribution in [3.8, 4) is 0 Å². The van der Waals surface area contributed by atoms with Gasteiger partial charge in [0.25, 0.3) is 0 Å². The lowest BCUT2D eigenvalue weighted by Crippen LogP contribution is -2.25. The molecular formula is C18H21ClN4O2. The first kappa shape index (κ1) is 17.5. The highest BCUT2D eigenvalue weighted by Crippen LogP contribution is 2.21. The van der Waals surface area contributed by atoms with E-state index in [0.29, 0.717) is 18.2 Å². The maximum absolute atomic E-state index is 11.5. The van der Waals surface area contributed by atoms with E-state index in [4.69, 9.17) is 16.3 Å². The van der Waals surface area contributed by atoms with Gasteiger partial charge in [-0.15, -0.1) is 0 Å². The lowest BCUT2D eigenvalue weighted by atomic mass is 10.2. The maximum Gasteiger partial charge on any atom is 0.333 e. The second-order valence-electron chi connectivity index (χ2n) is 6.40. The minimum absolute atomic E-state index is 0.262. The van der Waals surface area contributed by atoms with E-state index < -0.39 is 0 Å². The Morgan fingerprint density at radius 2 is 2.16 bits per heavy atom. The highest BCUT2D eigenvalue weighted by Gasteiger charge is 2.21. The molecule has 0 aromatic carbocycles. The van der Waals surface area contributed by atoms with Gasteiger partial charge in [-0.2, -0.15) is 5.10 Å². The largest absolute Gasteiger partial charge is 0.456 e. The minimum Gasteiger partial charge on any atom is -0.456 e. The average molecular weight is 361 g/mol. The van der Waals surface area contributed by atoms with Crippen molar-refractivity contribution < 1.29 is 9.53 Å². The summed E-state index contributed by atoms with van der Waals surface area (Å²) in [6, 6.07) is 6.04. The quantitative estimate of drug-likeness (QED) is 0.584. The summed E-state index contributed by atoms with van der Waals surface area (Å²) in [4.78, 5) is 17.8. The van der Waals surface area contributed by atoms with Crippen molar-refractivity contribution in [1.29, 1.82) is 0 Å². The van der Waals surface area contributed by atoms with Gasteiger partial charge in [0.2, 0.25) is 0 Å². The van der Waals surface area contributed by atoms with Crippen molar-refractivity contribution in [3.63, 3.8) is 0 Å². The molecule has 1 aliphatic rings. The summed E-state index contributed by atoms with van der Waals surface area (Å²) in [5, 5.41) is 5.03. The Labute approximate surface area is 152 Å². The van der Waals surface area contributed by atoms with Crippen molar-refractivity contribution in [2.24, 2.45) is 0 Å². The van der Waals surface area contributed by atoms with Crippen LogP contribution in [0.25, 0.3) is 0 Å². The molecule has 0 amide bonds. The summed E-state index contributed by atoms with van der Waals surface area (Å²) in [5.41, 5.74) is 3.94. The predicted octanol–water partition coefficient (Wildman–Crippen LogP) is 3.26. The number of carbonyl (C=O) groups is 1. The molecule has 0 fully saturated rings. The van der Waals surface area contributed by atoms with Crippen LogP contribution in [-0.4, -0.2) is 32.2 Å². The third-order valence-corrected chi connectivity index (χ3v) is 4.22. The van der Waals surface area contributed by atoms with Gasteiger partial charge in [0, 0.05) is 24.9 Å². The lowest BCUT2D eigenvalue weighted by molar-refractivity contribution is -0.135. The van der Waals surface area contributed by atoms with Crippen LogP contribution in [0.15, 0.2) is 36.2 Å². The Balaban J connectivity index is 1.87. The zero-order valence-electron chi connectivity index (χ0n) is 14.6. The molecule has 132 valence electrons. The number of cyclic esters (lactones) is 1. The van der Waals surface area contributed by atoms with Gasteiger partial charge in [-0.3, -0.25) is 4.68 Å². The first-order valence-electron chi connectivity index (χ1n) is 8.20. The Kier molecular flexibility index (Phi) is 5.08. The van der Waals surface area contributed by atoms with Gasteiger partial charge >= 0.3 is 5.97 Å². The number of aromatic nitrogens is 3.